The van der Waals surface area contributed by atoms with Gasteiger partial charge in [0.15, 0.2) is 16.6 Å². The van der Waals surface area contributed by atoms with Gasteiger partial charge in [-0.15, -0.1) is 0 Å². The Hall–Kier alpha value is -3.14. The number of fused-ring (bicyclic) bond motifs is 1. The molecular formula is C27H33N3O5S. The second-order valence-corrected chi connectivity index (χ2v) is 9.29. The molecule has 0 atom stereocenters. The van der Waals surface area contributed by atoms with Crippen molar-refractivity contribution in [2.24, 2.45) is 0 Å². The number of rotatable bonds is 11. The van der Waals surface area contributed by atoms with Crippen molar-refractivity contribution in [1.29, 1.82) is 0 Å². The molecule has 2 aromatic carbocycles. The molecule has 1 fully saturated rings. The molecule has 0 aliphatic carbocycles. The van der Waals surface area contributed by atoms with E-state index in [4.69, 9.17) is 23.9 Å². The molecule has 0 N–H and O–H groups in total. The maximum absolute atomic E-state index is 13.4. The topological polar surface area (TPSA) is 73.4 Å². The number of benzene rings is 2. The van der Waals surface area contributed by atoms with Crippen LogP contribution in [0.15, 0.2) is 42.5 Å². The number of carbonyl (C=O) groups excluding carboxylic acids is 1. The Morgan fingerprint density at radius 1 is 1.14 bits per heavy atom. The van der Waals surface area contributed by atoms with E-state index in [0.29, 0.717) is 29.8 Å². The van der Waals surface area contributed by atoms with Crippen LogP contribution >= 0.6 is 11.3 Å². The van der Waals surface area contributed by atoms with Crippen LogP contribution in [0.4, 0.5) is 5.13 Å². The SMILES string of the molecule is CCOc1cccc2sc(N(CCCN3CCOCC3)C(=O)/C=C/c3ccc(OC)c(OC)c3)nc12. The minimum absolute atomic E-state index is 0.122. The van der Waals surface area contributed by atoms with Gasteiger partial charge in [0, 0.05) is 32.3 Å². The number of thiazole rings is 1. The minimum Gasteiger partial charge on any atom is -0.493 e. The minimum atomic E-state index is -0.122. The molecule has 8 nitrogen and oxygen atoms in total. The number of ether oxygens (including phenoxy) is 4. The number of amides is 1. The Morgan fingerprint density at radius 3 is 2.69 bits per heavy atom. The Morgan fingerprint density at radius 2 is 1.94 bits per heavy atom. The zero-order chi connectivity index (χ0) is 25.3. The number of anilines is 1. The molecular weight excluding hydrogens is 478 g/mol. The first-order valence-electron chi connectivity index (χ1n) is 12.2. The van der Waals surface area contributed by atoms with Gasteiger partial charge in [0.2, 0.25) is 0 Å². The predicted octanol–water partition coefficient (Wildman–Crippen LogP) is 4.48. The summed E-state index contributed by atoms with van der Waals surface area (Å²) < 4.78 is 22.9. The predicted molar refractivity (Wildman–Crippen MR) is 144 cm³/mol. The van der Waals surface area contributed by atoms with Crippen LogP contribution in [0.3, 0.4) is 0 Å². The van der Waals surface area contributed by atoms with Crippen molar-refractivity contribution in [3.8, 4) is 17.2 Å². The van der Waals surface area contributed by atoms with E-state index in [9.17, 15) is 4.79 Å². The van der Waals surface area contributed by atoms with E-state index in [1.54, 1.807) is 31.3 Å². The van der Waals surface area contributed by atoms with Crippen LogP contribution in [0.25, 0.3) is 16.3 Å². The average molecular weight is 512 g/mol. The van der Waals surface area contributed by atoms with E-state index in [2.05, 4.69) is 4.90 Å². The van der Waals surface area contributed by atoms with Gasteiger partial charge in [-0.25, -0.2) is 4.98 Å². The molecule has 192 valence electrons. The van der Waals surface area contributed by atoms with Gasteiger partial charge in [0.1, 0.15) is 11.3 Å². The lowest BCUT2D eigenvalue weighted by Crippen LogP contribution is -2.39. The third kappa shape index (κ3) is 6.34. The molecule has 36 heavy (non-hydrogen) atoms. The zero-order valence-electron chi connectivity index (χ0n) is 21.1. The molecule has 1 saturated heterocycles. The second kappa shape index (κ2) is 12.7. The fourth-order valence-electron chi connectivity index (χ4n) is 4.09. The van der Waals surface area contributed by atoms with Crippen molar-refractivity contribution < 1.29 is 23.7 Å². The number of hydrogen-bond donors (Lipinski definition) is 0. The van der Waals surface area contributed by atoms with Crippen LogP contribution in [0.5, 0.6) is 17.2 Å². The van der Waals surface area contributed by atoms with Gasteiger partial charge >= 0.3 is 0 Å². The van der Waals surface area contributed by atoms with Gasteiger partial charge in [0.05, 0.1) is 38.7 Å². The number of para-hydroxylation sites is 1. The van der Waals surface area contributed by atoms with Crippen molar-refractivity contribution in [2.75, 3.05) is 65.1 Å². The molecule has 1 aliphatic heterocycles. The second-order valence-electron chi connectivity index (χ2n) is 8.28. The highest BCUT2D eigenvalue weighted by Crippen LogP contribution is 2.34. The van der Waals surface area contributed by atoms with Crippen molar-refractivity contribution in [2.45, 2.75) is 13.3 Å². The van der Waals surface area contributed by atoms with Crippen LogP contribution in [0, 0.1) is 0 Å². The lowest BCUT2D eigenvalue weighted by Gasteiger charge is -2.27. The van der Waals surface area contributed by atoms with Crippen molar-refractivity contribution in [3.63, 3.8) is 0 Å². The smallest absolute Gasteiger partial charge is 0.252 e. The molecule has 0 spiro atoms. The molecule has 0 radical (unpaired) electrons. The molecule has 1 aromatic heterocycles. The first-order chi connectivity index (χ1) is 17.6. The van der Waals surface area contributed by atoms with Gasteiger partial charge < -0.3 is 18.9 Å². The molecule has 2 heterocycles. The fourth-order valence-corrected chi connectivity index (χ4v) is 5.10. The lowest BCUT2D eigenvalue weighted by atomic mass is 10.2. The highest BCUT2D eigenvalue weighted by atomic mass is 32.1. The summed E-state index contributed by atoms with van der Waals surface area (Å²) in [6, 6.07) is 11.4. The summed E-state index contributed by atoms with van der Waals surface area (Å²) in [6.07, 6.45) is 4.22. The van der Waals surface area contributed by atoms with Gasteiger partial charge in [-0.1, -0.05) is 23.5 Å². The molecule has 0 bridgehead atoms. The average Bonchev–Trinajstić information content (AvgIpc) is 3.35. The molecule has 3 aromatic rings. The van der Waals surface area contributed by atoms with Gasteiger partial charge in [-0.05, 0) is 49.2 Å². The molecule has 1 amide bonds. The van der Waals surface area contributed by atoms with Crippen LogP contribution < -0.4 is 19.1 Å². The van der Waals surface area contributed by atoms with E-state index < -0.39 is 0 Å². The molecule has 4 rings (SSSR count). The third-order valence-corrected chi connectivity index (χ3v) is 7.00. The number of morpholine rings is 1. The summed E-state index contributed by atoms with van der Waals surface area (Å²) in [5.74, 6) is 1.87. The van der Waals surface area contributed by atoms with Crippen LogP contribution in [-0.4, -0.2) is 76.0 Å². The summed E-state index contributed by atoms with van der Waals surface area (Å²) in [5.41, 5.74) is 1.63. The Balaban J connectivity index is 1.56. The maximum atomic E-state index is 13.4. The van der Waals surface area contributed by atoms with E-state index >= 15 is 0 Å². The molecule has 1 aliphatic rings. The number of aromatic nitrogens is 1. The summed E-state index contributed by atoms with van der Waals surface area (Å²) in [4.78, 5) is 22.4. The Bertz CT molecular complexity index is 1190. The highest BCUT2D eigenvalue weighted by Gasteiger charge is 2.20. The van der Waals surface area contributed by atoms with E-state index in [1.807, 2.05) is 43.3 Å². The highest BCUT2D eigenvalue weighted by molar-refractivity contribution is 7.22. The summed E-state index contributed by atoms with van der Waals surface area (Å²) >= 11 is 1.50. The normalized spacial score (nSPS) is 14.3. The third-order valence-electron chi connectivity index (χ3n) is 5.95. The fraction of sp³-hybridized carbons (Fsp3) is 0.407. The monoisotopic (exact) mass is 511 g/mol. The van der Waals surface area contributed by atoms with Gasteiger partial charge in [-0.3, -0.25) is 14.6 Å². The first-order valence-corrected chi connectivity index (χ1v) is 13.0. The van der Waals surface area contributed by atoms with Crippen LogP contribution in [-0.2, 0) is 9.53 Å². The van der Waals surface area contributed by atoms with Crippen molar-refractivity contribution >= 4 is 38.7 Å². The largest absolute Gasteiger partial charge is 0.493 e. The van der Waals surface area contributed by atoms with Gasteiger partial charge in [0.25, 0.3) is 5.91 Å². The summed E-state index contributed by atoms with van der Waals surface area (Å²) in [6.45, 7) is 7.34. The Kier molecular flexibility index (Phi) is 9.16. The number of methoxy groups -OCH3 is 2. The lowest BCUT2D eigenvalue weighted by molar-refractivity contribution is -0.114. The van der Waals surface area contributed by atoms with Crippen molar-refractivity contribution in [1.82, 2.24) is 9.88 Å². The van der Waals surface area contributed by atoms with E-state index in [0.717, 1.165) is 60.8 Å². The van der Waals surface area contributed by atoms with E-state index in [1.165, 1.54) is 11.3 Å². The molecule has 0 unspecified atom stereocenters. The van der Waals surface area contributed by atoms with Gasteiger partial charge in [-0.2, -0.15) is 0 Å². The molecule has 9 heteroatoms. The molecule has 0 saturated carbocycles. The number of nitrogens with zero attached hydrogens (tertiary/aromatic N) is 3. The first kappa shape index (κ1) is 25.9. The Labute approximate surface area is 216 Å². The standard InChI is InChI=1S/C27H33N3O5S/c1-4-35-22-7-5-8-24-26(22)28-27(36-24)30(14-6-13-29-15-17-34-18-16-29)25(31)12-10-20-9-11-21(32-2)23(19-20)33-3/h5,7-12,19H,4,6,13-18H2,1-3H3/b12-10+. The number of carbonyl (C=O) groups is 1. The van der Waals surface area contributed by atoms with E-state index in [-0.39, 0.29) is 5.91 Å². The summed E-state index contributed by atoms with van der Waals surface area (Å²) in [5, 5.41) is 0.668. The van der Waals surface area contributed by atoms with Crippen LogP contribution in [0.1, 0.15) is 18.9 Å². The van der Waals surface area contributed by atoms with Crippen molar-refractivity contribution in [3.05, 3.63) is 48.0 Å². The maximum Gasteiger partial charge on any atom is 0.252 e. The van der Waals surface area contributed by atoms with Crippen LogP contribution in [0.2, 0.25) is 0 Å². The zero-order valence-corrected chi connectivity index (χ0v) is 21.9. The summed E-state index contributed by atoms with van der Waals surface area (Å²) in [7, 11) is 3.19. The quantitative estimate of drug-likeness (QED) is 0.352. The number of hydrogen-bond acceptors (Lipinski definition) is 8.